The summed E-state index contributed by atoms with van der Waals surface area (Å²) >= 11 is 0. The molecule has 7 heteroatoms. The lowest BCUT2D eigenvalue weighted by Gasteiger charge is -1.96. The molecule has 0 aliphatic rings. The van der Waals surface area contributed by atoms with Crippen molar-refractivity contribution < 1.29 is 9.47 Å². The summed E-state index contributed by atoms with van der Waals surface area (Å²) in [5.41, 5.74) is 0.113. The molecule has 0 saturated carbocycles. The predicted molar refractivity (Wildman–Crippen MR) is 46.8 cm³/mol. The summed E-state index contributed by atoms with van der Waals surface area (Å²) < 4.78 is 9.62. The van der Waals surface area contributed by atoms with Crippen LogP contribution in [0.1, 0.15) is 0 Å². The Labute approximate surface area is 79.5 Å². The van der Waals surface area contributed by atoms with Gasteiger partial charge in [0.1, 0.15) is 6.07 Å². The van der Waals surface area contributed by atoms with E-state index < -0.39 is 0 Å². The van der Waals surface area contributed by atoms with Gasteiger partial charge >= 0.3 is 23.1 Å². The molecule has 1 aromatic heterocycles. The van der Waals surface area contributed by atoms with Crippen LogP contribution in [0, 0.1) is 10.8 Å². The van der Waals surface area contributed by atoms with Crippen molar-refractivity contribution in [2.45, 2.75) is 0 Å². The molecule has 0 amide bonds. The van der Waals surface area contributed by atoms with Crippen LogP contribution in [-0.4, -0.2) is 19.2 Å². The summed E-state index contributed by atoms with van der Waals surface area (Å²) in [6.07, 6.45) is 0. The zero-order chi connectivity index (χ0) is 10.6. The maximum absolute atomic E-state index is 8.57. The third-order valence-electron chi connectivity index (χ3n) is 1.52. The highest BCUT2D eigenvalue weighted by atomic mass is 16.5. The molecule has 70 valence electrons. The van der Waals surface area contributed by atoms with Gasteiger partial charge in [-0.1, -0.05) is 0 Å². The number of pyridine rings is 1. The molecular weight excluding hydrogens is 186 g/mol. The lowest BCUT2D eigenvalue weighted by molar-refractivity contribution is 0.368. The summed E-state index contributed by atoms with van der Waals surface area (Å²) in [6.45, 7) is 0. The number of hydrogen-bond donors (Lipinski definition) is 0. The molecule has 7 nitrogen and oxygen atoms in total. The number of nitrogens with zero attached hydrogens (tertiary/aromatic N) is 5. The molecule has 0 atom stereocenters. The summed E-state index contributed by atoms with van der Waals surface area (Å²) in [5, 5.41) is 17.1. The highest BCUT2D eigenvalue weighted by Gasteiger charge is 2.28. The van der Waals surface area contributed by atoms with E-state index in [0.29, 0.717) is 0 Å². The maximum Gasteiger partial charge on any atom is 0.454 e. The molecule has 0 bridgehead atoms. The molecule has 0 radical (unpaired) electrons. The molecule has 0 aromatic carbocycles. The van der Waals surface area contributed by atoms with Crippen LogP contribution < -0.4 is 9.47 Å². The largest absolute Gasteiger partial charge is 0.475 e. The fraction of sp³-hybridized carbons (Fsp3) is 0.286. The van der Waals surface area contributed by atoms with Crippen LogP contribution >= 0.6 is 0 Å². The van der Waals surface area contributed by atoms with Crippen molar-refractivity contribution in [2.75, 3.05) is 14.2 Å². The van der Waals surface area contributed by atoms with Crippen LogP contribution in [0.5, 0.6) is 11.8 Å². The van der Waals surface area contributed by atoms with Gasteiger partial charge in [-0.15, -0.1) is 0 Å². The molecule has 1 aromatic rings. The van der Waals surface area contributed by atoms with Crippen molar-refractivity contribution in [3.63, 3.8) is 0 Å². The van der Waals surface area contributed by atoms with Gasteiger partial charge in [0.05, 0.1) is 14.2 Å². The van der Waals surface area contributed by atoms with Crippen molar-refractivity contribution in [3.8, 4) is 11.8 Å². The number of methoxy groups -OCH3 is 2. The standard InChI is InChI=1S/C7H7N5O2/c1-13-6-4(11-8)3-5(12-9)7(10-6)14-2/h3H,1-2H3/q+2. The van der Waals surface area contributed by atoms with Gasteiger partial charge in [0, 0.05) is 0 Å². The third kappa shape index (κ3) is 1.52. The van der Waals surface area contributed by atoms with Crippen LogP contribution in [0.15, 0.2) is 6.07 Å². The summed E-state index contributed by atoms with van der Waals surface area (Å²) in [4.78, 5) is 9.62. The fourth-order valence-corrected chi connectivity index (χ4v) is 0.903. The van der Waals surface area contributed by atoms with E-state index >= 15 is 0 Å². The van der Waals surface area contributed by atoms with Gasteiger partial charge in [-0.3, -0.25) is 0 Å². The van der Waals surface area contributed by atoms with Gasteiger partial charge in [-0.05, 0) is 0 Å². The third-order valence-corrected chi connectivity index (χ3v) is 1.52. The van der Waals surface area contributed by atoms with Crippen LogP contribution in [0.4, 0.5) is 11.4 Å². The first-order valence-corrected chi connectivity index (χ1v) is 3.60. The predicted octanol–water partition coefficient (Wildman–Crippen LogP) is 2.07. The number of aromatic nitrogens is 1. The normalized spacial score (nSPS) is 8.57. The van der Waals surface area contributed by atoms with Crippen molar-refractivity contribution >= 4 is 11.4 Å². The van der Waals surface area contributed by atoms with Gasteiger partial charge in [0.2, 0.25) is 10.8 Å². The minimum Gasteiger partial charge on any atom is -0.475 e. The quantitative estimate of drug-likeness (QED) is 0.670. The van der Waals surface area contributed by atoms with E-state index in [9.17, 15) is 0 Å². The maximum atomic E-state index is 8.57. The molecule has 0 aliphatic heterocycles. The first-order valence-electron chi connectivity index (χ1n) is 3.60. The van der Waals surface area contributed by atoms with Gasteiger partial charge in [0.15, 0.2) is 9.95 Å². The second-order valence-corrected chi connectivity index (χ2v) is 2.25. The van der Waals surface area contributed by atoms with Crippen molar-refractivity contribution in [1.29, 1.82) is 10.8 Å². The first-order chi connectivity index (χ1) is 6.76. The average Bonchev–Trinajstić information content (AvgIpc) is 2.26. The Hall–Kier alpha value is -2.41. The monoisotopic (exact) mass is 193 g/mol. The second-order valence-electron chi connectivity index (χ2n) is 2.25. The van der Waals surface area contributed by atoms with E-state index in [1.165, 1.54) is 20.3 Å². The molecule has 0 spiro atoms. The number of hydrogen-bond acceptors (Lipinski definition) is 5. The average molecular weight is 193 g/mol. The van der Waals surface area contributed by atoms with E-state index in [1.54, 1.807) is 0 Å². The Morgan fingerprint density at radius 3 is 1.79 bits per heavy atom. The minimum atomic E-state index is 0.0566. The summed E-state index contributed by atoms with van der Waals surface area (Å²) in [7, 11) is 2.73. The molecule has 0 saturated heterocycles. The molecule has 1 rings (SSSR count). The highest BCUT2D eigenvalue weighted by molar-refractivity contribution is 5.67. The first kappa shape index (κ1) is 9.68. The minimum absolute atomic E-state index is 0.0566. The van der Waals surface area contributed by atoms with Crippen molar-refractivity contribution in [2.24, 2.45) is 0 Å². The number of diazo groups is 2. The Morgan fingerprint density at radius 1 is 1.07 bits per heavy atom. The van der Waals surface area contributed by atoms with Crippen molar-refractivity contribution in [3.05, 3.63) is 16.0 Å². The molecule has 14 heavy (non-hydrogen) atoms. The summed E-state index contributed by atoms with van der Waals surface area (Å²) in [6, 6.07) is 1.27. The Balaban J connectivity index is 3.39. The second kappa shape index (κ2) is 4.01. The van der Waals surface area contributed by atoms with E-state index in [2.05, 4.69) is 14.9 Å². The van der Waals surface area contributed by atoms with Crippen LogP contribution in [0.25, 0.3) is 9.95 Å². The van der Waals surface area contributed by atoms with Crippen molar-refractivity contribution in [1.82, 2.24) is 4.98 Å². The van der Waals surface area contributed by atoms with E-state index in [4.69, 9.17) is 20.3 Å². The molecule has 1 heterocycles. The van der Waals surface area contributed by atoms with E-state index in [1.807, 2.05) is 0 Å². The molecule has 0 fully saturated rings. The van der Waals surface area contributed by atoms with Gasteiger partial charge in [-0.25, -0.2) is 0 Å². The number of rotatable bonds is 2. The fourth-order valence-electron chi connectivity index (χ4n) is 0.903. The Kier molecular flexibility index (Phi) is 2.77. The van der Waals surface area contributed by atoms with E-state index in [-0.39, 0.29) is 23.1 Å². The smallest absolute Gasteiger partial charge is 0.454 e. The van der Waals surface area contributed by atoms with Crippen LogP contribution in [-0.2, 0) is 0 Å². The highest BCUT2D eigenvalue weighted by Crippen LogP contribution is 2.35. The number of ether oxygens (including phenoxy) is 2. The van der Waals surface area contributed by atoms with Gasteiger partial charge in [0.25, 0.3) is 0 Å². The lowest BCUT2D eigenvalue weighted by atomic mass is 10.3. The zero-order valence-electron chi connectivity index (χ0n) is 7.63. The van der Waals surface area contributed by atoms with Gasteiger partial charge in [-0.2, -0.15) is 4.98 Å². The topological polar surface area (TPSA) is 87.7 Å². The molecular formula is C7H7N5O2+2. The summed E-state index contributed by atoms with van der Waals surface area (Å²) in [5.74, 6) is 0.161. The van der Waals surface area contributed by atoms with Crippen LogP contribution in [0.3, 0.4) is 0 Å². The SMILES string of the molecule is COc1nc(OC)c([N+]#N)cc1[N+]#N. The zero-order valence-corrected chi connectivity index (χ0v) is 7.63. The van der Waals surface area contributed by atoms with Crippen LogP contribution in [0.2, 0.25) is 0 Å². The Bertz CT molecular complexity index is 394. The molecule has 0 unspecified atom stereocenters. The van der Waals surface area contributed by atoms with E-state index in [0.717, 1.165) is 0 Å². The molecule has 0 aliphatic carbocycles. The Morgan fingerprint density at radius 2 is 1.50 bits per heavy atom. The van der Waals surface area contributed by atoms with Gasteiger partial charge < -0.3 is 9.47 Å². The lowest BCUT2D eigenvalue weighted by Crippen LogP contribution is -1.92. The molecule has 0 N–H and O–H groups in total.